The number of nitrogen functional groups attached to an aromatic ring is 1. The predicted octanol–water partition coefficient (Wildman–Crippen LogP) is 0.917. The van der Waals surface area contributed by atoms with Crippen LogP contribution in [0.3, 0.4) is 0 Å². The average molecular weight is 293 g/mol. The molecule has 0 radical (unpaired) electrons. The molecule has 0 aliphatic heterocycles. The second-order valence-electron chi connectivity index (χ2n) is 4.87. The van der Waals surface area contributed by atoms with Crippen LogP contribution in [0, 0.1) is 13.8 Å². The minimum atomic E-state index is -0.541. The first-order chi connectivity index (χ1) is 9.86. The Balaban J connectivity index is 2.45. The lowest BCUT2D eigenvalue weighted by molar-refractivity contribution is 0.392. The second-order valence-corrected chi connectivity index (χ2v) is 4.87. The summed E-state index contributed by atoms with van der Waals surface area (Å²) in [7, 11) is 0. The largest absolute Gasteiger partial charge is 0.383 e. The third-order valence-electron chi connectivity index (χ3n) is 3.44. The zero-order valence-electron chi connectivity index (χ0n) is 12.5. The summed E-state index contributed by atoms with van der Waals surface area (Å²) in [5, 5.41) is 6.92. The van der Waals surface area contributed by atoms with Crippen molar-refractivity contribution in [1.82, 2.24) is 14.7 Å². The second kappa shape index (κ2) is 5.47. The zero-order chi connectivity index (χ0) is 15.7. The van der Waals surface area contributed by atoms with Gasteiger partial charge >= 0.3 is 5.69 Å². The van der Waals surface area contributed by atoms with Crippen molar-refractivity contribution < 1.29 is 4.52 Å². The van der Waals surface area contributed by atoms with Crippen LogP contribution in [-0.4, -0.2) is 14.7 Å². The molecule has 0 spiro atoms. The van der Waals surface area contributed by atoms with Crippen molar-refractivity contribution in [3.8, 4) is 0 Å². The molecule has 0 aliphatic rings. The van der Waals surface area contributed by atoms with E-state index in [2.05, 4.69) is 15.5 Å². The quantitative estimate of drug-likeness (QED) is 0.771. The third-order valence-corrected chi connectivity index (χ3v) is 3.44. The van der Waals surface area contributed by atoms with E-state index in [4.69, 9.17) is 10.3 Å². The van der Waals surface area contributed by atoms with Crippen LogP contribution in [0.2, 0.25) is 0 Å². The zero-order valence-corrected chi connectivity index (χ0v) is 12.5. The summed E-state index contributed by atoms with van der Waals surface area (Å²) in [6.07, 6.45) is 0. The lowest BCUT2D eigenvalue weighted by Gasteiger charge is -2.17. The van der Waals surface area contributed by atoms with Crippen LogP contribution >= 0.6 is 0 Å². The van der Waals surface area contributed by atoms with Crippen LogP contribution in [0.5, 0.6) is 0 Å². The van der Waals surface area contributed by atoms with E-state index in [0.717, 1.165) is 11.3 Å². The number of nitrogens with zero attached hydrogens (tertiary/aromatic N) is 2. The summed E-state index contributed by atoms with van der Waals surface area (Å²) in [5.74, 6) is 0.788. The highest BCUT2D eigenvalue weighted by Crippen LogP contribution is 2.25. The van der Waals surface area contributed by atoms with Gasteiger partial charge in [-0.15, -0.1) is 0 Å². The fourth-order valence-electron chi connectivity index (χ4n) is 2.44. The van der Waals surface area contributed by atoms with Gasteiger partial charge in [0, 0.05) is 12.1 Å². The first-order valence-corrected chi connectivity index (χ1v) is 6.68. The Morgan fingerprint density at radius 1 is 1.43 bits per heavy atom. The van der Waals surface area contributed by atoms with E-state index in [-0.39, 0.29) is 17.5 Å². The molecule has 4 N–H and O–H groups in total. The van der Waals surface area contributed by atoms with Crippen LogP contribution in [0.1, 0.15) is 36.9 Å². The Kier molecular flexibility index (Phi) is 3.88. The van der Waals surface area contributed by atoms with E-state index in [9.17, 15) is 9.59 Å². The maximum Gasteiger partial charge on any atom is 0.330 e. The molecule has 0 saturated carbocycles. The molecule has 1 unspecified atom stereocenters. The molecular weight excluding hydrogens is 274 g/mol. The molecule has 8 nitrogen and oxygen atoms in total. The molecule has 0 aromatic carbocycles. The summed E-state index contributed by atoms with van der Waals surface area (Å²) < 4.78 is 6.41. The van der Waals surface area contributed by atoms with Crippen LogP contribution in [0.25, 0.3) is 0 Å². The number of aromatic amines is 1. The first kappa shape index (κ1) is 14.9. The van der Waals surface area contributed by atoms with Gasteiger partial charge in [0.15, 0.2) is 0 Å². The molecule has 0 bridgehead atoms. The number of hydrogen-bond donors (Lipinski definition) is 3. The molecule has 1 atom stereocenters. The normalized spacial score (nSPS) is 12.4. The number of aryl methyl sites for hydroxylation is 2. The highest BCUT2D eigenvalue weighted by atomic mass is 16.5. The number of anilines is 2. The van der Waals surface area contributed by atoms with Crippen LogP contribution in [0.4, 0.5) is 11.5 Å². The lowest BCUT2D eigenvalue weighted by atomic mass is 10.1. The van der Waals surface area contributed by atoms with Gasteiger partial charge < -0.3 is 15.6 Å². The van der Waals surface area contributed by atoms with Crippen molar-refractivity contribution >= 4 is 11.5 Å². The standard InChI is InChI=1S/C13H19N5O3/c1-5-18-11(14)10(12(19)16-13(18)20)15-6(2)9-7(3)17-21-8(9)4/h6,15H,5,14H2,1-4H3,(H,16,19,20). The van der Waals surface area contributed by atoms with E-state index in [1.54, 1.807) is 13.8 Å². The van der Waals surface area contributed by atoms with Gasteiger partial charge in [-0.2, -0.15) is 0 Å². The molecule has 2 rings (SSSR count). The van der Waals surface area contributed by atoms with E-state index >= 15 is 0 Å². The molecule has 0 amide bonds. The molecule has 0 aliphatic carbocycles. The molecule has 2 aromatic heterocycles. The maximum absolute atomic E-state index is 12.0. The van der Waals surface area contributed by atoms with Gasteiger partial charge in [0.05, 0.1) is 11.7 Å². The SMILES string of the molecule is CCn1c(N)c(NC(C)c2c(C)noc2C)c(=O)[nH]c1=O. The predicted molar refractivity (Wildman–Crippen MR) is 79.4 cm³/mol. The Bertz CT molecular complexity index is 752. The van der Waals surface area contributed by atoms with E-state index in [1.165, 1.54) is 4.57 Å². The van der Waals surface area contributed by atoms with Crippen molar-refractivity contribution in [1.29, 1.82) is 0 Å². The van der Waals surface area contributed by atoms with Gasteiger partial charge in [0.1, 0.15) is 17.3 Å². The van der Waals surface area contributed by atoms with E-state index < -0.39 is 11.2 Å². The lowest BCUT2D eigenvalue weighted by Crippen LogP contribution is -2.34. The van der Waals surface area contributed by atoms with Crippen LogP contribution in [0.15, 0.2) is 14.1 Å². The van der Waals surface area contributed by atoms with Gasteiger partial charge in [-0.3, -0.25) is 14.3 Å². The number of nitrogens with one attached hydrogen (secondary N) is 2. The first-order valence-electron chi connectivity index (χ1n) is 6.68. The molecule has 0 saturated heterocycles. The molecule has 0 fully saturated rings. The van der Waals surface area contributed by atoms with Crippen molar-refractivity contribution in [2.24, 2.45) is 0 Å². The fraction of sp³-hybridized carbons (Fsp3) is 0.462. The number of nitrogens with two attached hydrogens (primary N) is 1. The maximum atomic E-state index is 12.0. The van der Waals surface area contributed by atoms with Crippen molar-refractivity contribution in [3.63, 3.8) is 0 Å². The van der Waals surface area contributed by atoms with Crippen LogP contribution in [-0.2, 0) is 6.54 Å². The third kappa shape index (κ3) is 2.56. The number of rotatable bonds is 4. The summed E-state index contributed by atoms with van der Waals surface area (Å²) in [6, 6.07) is -0.234. The van der Waals surface area contributed by atoms with Gasteiger partial charge in [-0.1, -0.05) is 5.16 Å². The molecule has 2 heterocycles. The Morgan fingerprint density at radius 2 is 2.10 bits per heavy atom. The molecule has 2 aromatic rings. The summed E-state index contributed by atoms with van der Waals surface area (Å²) in [5.41, 5.74) is 6.63. The molecular formula is C13H19N5O3. The number of aromatic nitrogens is 3. The van der Waals surface area contributed by atoms with E-state index in [0.29, 0.717) is 12.3 Å². The Labute approximate surface area is 121 Å². The van der Waals surface area contributed by atoms with Gasteiger partial charge in [0.25, 0.3) is 5.56 Å². The van der Waals surface area contributed by atoms with Crippen molar-refractivity contribution in [3.05, 3.63) is 37.9 Å². The molecule has 8 heteroatoms. The van der Waals surface area contributed by atoms with E-state index in [1.807, 2.05) is 13.8 Å². The van der Waals surface area contributed by atoms with Gasteiger partial charge in [-0.25, -0.2) is 4.79 Å². The highest BCUT2D eigenvalue weighted by molar-refractivity contribution is 5.61. The summed E-state index contributed by atoms with van der Waals surface area (Å²) >= 11 is 0. The Morgan fingerprint density at radius 3 is 2.62 bits per heavy atom. The molecule has 21 heavy (non-hydrogen) atoms. The van der Waals surface area contributed by atoms with Crippen molar-refractivity contribution in [2.75, 3.05) is 11.1 Å². The average Bonchev–Trinajstić information content (AvgIpc) is 2.74. The highest BCUT2D eigenvalue weighted by Gasteiger charge is 2.19. The topological polar surface area (TPSA) is 119 Å². The van der Waals surface area contributed by atoms with Gasteiger partial charge in [0.2, 0.25) is 0 Å². The smallest absolute Gasteiger partial charge is 0.330 e. The molecule has 114 valence electrons. The summed E-state index contributed by atoms with van der Waals surface area (Å²) in [4.78, 5) is 25.8. The van der Waals surface area contributed by atoms with Crippen LogP contribution < -0.4 is 22.3 Å². The number of H-pyrrole nitrogens is 1. The Hall–Kier alpha value is -2.51. The fourth-order valence-corrected chi connectivity index (χ4v) is 2.44. The summed E-state index contributed by atoms with van der Waals surface area (Å²) in [6.45, 7) is 7.64. The minimum Gasteiger partial charge on any atom is -0.383 e. The van der Waals surface area contributed by atoms with Gasteiger partial charge in [-0.05, 0) is 27.7 Å². The van der Waals surface area contributed by atoms with Crippen molar-refractivity contribution in [2.45, 2.75) is 40.3 Å². The monoisotopic (exact) mass is 293 g/mol. The minimum absolute atomic E-state index is 0.116. The number of hydrogen-bond acceptors (Lipinski definition) is 6.